The van der Waals surface area contributed by atoms with Gasteiger partial charge >= 0.3 is 6.09 Å². The number of ether oxygens (including phenoxy) is 1. The van der Waals surface area contributed by atoms with E-state index in [1.807, 2.05) is 30.3 Å². The van der Waals surface area contributed by atoms with Crippen molar-refractivity contribution >= 4 is 22.6 Å². The Kier molecular flexibility index (Phi) is 3.91. The molecule has 0 aliphatic carbocycles. The number of anilines is 1. The third-order valence-electron chi connectivity index (χ3n) is 3.68. The normalized spacial score (nSPS) is 10.6. The average Bonchev–Trinajstić information content (AvgIpc) is 3.18. The van der Waals surface area contributed by atoms with Crippen LogP contribution in [-0.4, -0.2) is 25.8 Å². The third-order valence-corrected chi connectivity index (χ3v) is 3.68. The highest BCUT2D eigenvalue weighted by Gasteiger charge is 2.10. The standard InChI is InChI=1S/C18H13N5O3/c24-16-15(11-19-17(22-16)23-9-3-8-20-23)21-18(25)26-14-7-6-12-4-1-2-5-13(12)10-14/h1-11H,(H,21,25)(H,19,22,24). The molecule has 0 aliphatic rings. The van der Waals surface area contributed by atoms with Gasteiger partial charge in [0.25, 0.3) is 5.56 Å². The summed E-state index contributed by atoms with van der Waals surface area (Å²) in [5.41, 5.74) is -0.535. The number of nitrogens with zero attached hydrogens (tertiary/aromatic N) is 3. The lowest BCUT2D eigenvalue weighted by atomic mass is 10.1. The van der Waals surface area contributed by atoms with Gasteiger partial charge in [-0.3, -0.25) is 15.1 Å². The maximum Gasteiger partial charge on any atom is 0.417 e. The molecule has 2 N–H and O–H groups in total. The van der Waals surface area contributed by atoms with Crippen LogP contribution in [-0.2, 0) is 0 Å². The zero-order valence-corrected chi connectivity index (χ0v) is 13.4. The molecule has 0 saturated heterocycles. The van der Waals surface area contributed by atoms with Crippen LogP contribution >= 0.6 is 0 Å². The molecule has 0 fully saturated rings. The second-order valence-electron chi connectivity index (χ2n) is 5.42. The Morgan fingerprint density at radius 2 is 1.96 bits per heavy atom. The van der Waals surface area contributed by atoms with Gasteiger partial charge in [-0.25, -0.2) is 14.5 Å². The predicted octanol–water partition coefficient (Wildman–Crippen LogP) is 2.72. The summed E-state index contributed by atoms with van der Waals surface area (Å²) in [6.45, 7) is 0. The van der Waals surface area contributed by atoms with E-state index in [1.165, 1.54) is 10.9 Å². The first-order valence-corrected chi connectivity index (χ1v) is 7.76. The molecule has 128 valence electrons. The highest BCUT2D eigenvalue weighted by molar-refractivity contribution is 5.88. The Morgan fingerprint density at radius 3 is 2.73 bits per heavy atom. The minimum Gasteiger partial charge on any atom is -0.410 e. The Morgan fingerprint density at radius 1 is 1.12 bits per heavy atom. The van der Waals surface area contributed by atoms with Gasteiger partial charge in [0, 0.05) is 12.4 Å². The van der Waals surface area contributed by atoms with Crippen LogP contribution < -0.4 is 15.6 Å². The third kappa shape index (κ3) is 3.16. The van der Waals surface area contributed by atoms with E-state index >= 15 is 0 Å². The van der Waals surface area contributed by atoms with E-state index < -0.39 is 11.7 Å². The summed E-state index contributed by atoms with van der Waals surface area (Å²) in [4.78, 5) is 30.7. The molecule has 8 nitrogen and oxygen atoms in total. The van der Waals surface area contributed by atoms with Gasteiger partial charge in [0.05, 0.1) is 6.20 Å². The molecule has 0 unspecified atom stereocenters. The molecule has 0 aliphatic heterocycles. The van der Waals surface area contributed by atoms with Crippen molar-refractivity contribution in [1.29, 1.82) is 0 Å². The minimum atomic E-state index is -0.778. The second kappa shape index (κ2) is 6.52. The number of benzene rings is 2. The number of carbonyl (C=O) groups is 1. The fraction of sp³-hybridized carbons (Fsp3) is 0. The summed E-state index contributed by atoms with van der Waals surface area (Å²) in [6, 6.07) is 14.7. The lowest BCUT2D eigenvalue weighted by Crippen LogP contribution is -2.24. The number of aromatic nitrogens is 4. The molecule has 0 saturated carbocycles. The number of hydrogen-bond donors (Lipinski definition) is 2. The molecule has 0 bridgehead atoms. The maximum absolute atomic E-state index is 12.1. The van der Waals surface area contributed by atoms with E-state index in [4.69, 9.17) is 4.74 Å². The average molecular weight is 347 g/mol. The molecule has 2 heterocycles. The molecule has 8 heteroatoms. The largest absolute Gasteiger partial charge is 0.417 e. The van der Waals surface area contributed by atoms with Crippen LogP contribution in [0.25, 0.3) is 16.7 Å². The number of hydrogen-bond acceptors (Lipinski definition) is 5. The smallest absolute Gasteiger partial charge is 0.410 e. The number of H-pyrrole nitrogens is 1. The van der Waals surface area contributed by atoms with Gasteiger partial charge in [-0.1, -0.05) is 30.3 Å². The van der Waals surface area contributed by atoms with Crippen LogP contribution in [0.5, 0.6) is 5.75 Å². The van der Waals surface area contributed by atoms with Crippen molar-refractivity contribution < 1.29 is 9.53 Å². The summed E-state index contributed by atoms with van der Waals surface area (Å²) in [5.74, 6) is 0.618. The number of fused-ring (bicyclic) bond motifs is 1. The van der Waals surface area contributed by atoms with Crippen LogP contribution in [0.15, 0.2) is 71.9 Å². The fourth-order valence-corrected chi connectivity index (χ4v) is 2.46. The van der Waals surface area contributed by atoms with E-state index in [9.17, 15) is 9.59 Å². The van der Waals surface area contributed by atoms with E-state index in [1.54, 1.807) is 30.6 Å². The van der Waals surface area contributed by atoms with Gasteiger partial charge < -0.3 is 4.74 Å². The first kappa shape index (κ1) is 15.6. The SMILES string of the molecule is O=C(Nc1cnc(-n2cccn2)[nH]c1=O)Oc1ccc2ccccc2c1. The van der Waals surface area contributed by atoms with Gasteiger partial charge in [-0.05, 0) is 29.0 Å². The first-order valence-electron chi connectivity index (χ1n) is 7.76. The van der Waals surface area contributed by atoms with Gasteiger partial charge in [0.1, 0.15) is 11.4 Å². The number of rotatable bonds is 3. The zero-order valence-electron chi connectivity index (χ0n) is 13.4. The van der Waals surface area contributed by atoms with Crippen LogP contribution in [0.4, 0.5) is 10.5 Å². The van der Waals surface area contributed by atoms with Gasteiger partial charge in [-0.2, -0.15) is 5.10 Å². The van der Waals surface area contributed by atoms with E-state index in [-0.39, 0.29) is 11.6 Å². The van der Waals surface area contributed by atoms with Crippen LogP contribution in [0.2, 0.25) is 0 Å². The molecule has 26 heavy (non-hydrogen) atoms. The molecule has 0 atom stereocenters. The topological polar surface area (TPSA) is 102 Å². The molecule has 4 rings (SSSR count). The molecule has 1 amide bonds. The zero-order chi connectivity index (χ0) is 17.9. The monoisotopic (exact) mass is 347 g/mol. The number of aromatic amines is 1. The molecule has 0 spiro atoms. The number of amides is 1. The Labute approximate surface area is 147 Å². The summed E-state index contributed by atoms with van der Waals surface area (Å²) in [7, 11) is 0. The van der Waals surface area contributed by atoms with Crippen molar-refractivity contribution in [1.82, 2.24) is 19.7 Å². The quantitative estimate of drug-likeness (QED) is 0.593. The predicted molar refractivity (Wildman–Crippen MR) is 95.6 cm³/mol. The van der Waals surface area contributed by atoms with Crippen molar-refractivity contribution in [2.45, 2.75) is 0 Å². The number of nitrogens with one attached hydrogen (secondary N) is 2. The van der Waals surface area contributed by atoms with Crippen molar-refractivity contribution in [3.05, 3.63) is 77.5 Å². The summed E-state index contributed by atoms with van der Waals surface area (Å²) in [5, 5.41) is 8.34. The lowest BCUT2D eigenvalue weighted by molar-refractivity contribution is 0.215. The minimum absolute atomic E-state index is 0.0216. The van der Waals surface area contributed by atoms with Crippen molar-refractivity contribution in [3.8, 4) is 11.7 Å². The second-order valence-corrected chi connectivity index (χ2v) is 5.42. The van der Waals surface area contributed by atoms with E-state index in [0.29, 0.717) is 5.75 Å². The van der Waals surface area contributed by atoms with E-state index in [2.05, 4.69) is 20.4 Å². The molecular weight excluding hydrogens is 334 g/mol. The maximum atomic E-state index is 12.1. The summed E-state index contributed by atoms with van der Waals surface area (Å²) in [6.07, 6.45) is 3.67. The number of carbonyl (C=O) groups excluding carboxylic acids is 1. The molecular formula is C18H13N5O3. The first-order chi connectivity index (χ1) is 12.7. The van der Waals surface area contributed by atoms with Gasteiger partial charge in [-0.15, -0.1) is 0 Å². The molecule has 4 aromatic rings. The fourth-order valence-electron chi connectivity index (χ4n) is 2.46. The molecule has 2 aromatic carbocycles. The Bertz CT molecular complexity index is 1130. The van der Waals surface area contributed by atoms with Crippen LogP contribution in [0, 0.1) is 0 Å². The van der Waals surface area contributed by atoms with Crippen LogP contribution in [0.3, 0.4) is 0 Å². The van der Waals surface area contributed by atoms with Gasteiger partial charge in [0.2, 0.25) is 5.95 Å². The van der Waals surface area contributed by atoms with Crippen molar-refractivity contribution in [2.75, 3.05) is 5.32 Å². The van der Waals surface area contributed by atoms with Gasteiger partial charge in [0.15, 0.2) is 0 Å². The summed E-state index contributed by atoms with van der Waals surface area (Å²) >= 11 is 0. The van der Waals surface area contributed by atoms with Crippen LogP contribution in [0.1, 0.15) is 0 Å². The van der Waals surface area contributed by atoms with Crippen molar-refractivity contribution in [2.24, 2.45) is 0 Å². The molecule has 0 radical (unpaired) electrons. The summed E-state index contributed by atoms with van der Waals surface area (Å²) < 4.78 is 6.64. The Hall–Kier alpha value is -3.94. The highest BCUT2D eigenvalue weighted by atomic mass is 16.6. The lowest BCUT2D eigenvalue weighted by Gasteiger charge is -2.07. The van der Waals surface area contributed by atoms with E-state index in [0.717, 1.165) is 10.8 Å². The molecule has 2 aromatic heterocycles. The van der Waals surface area contributed by atoms with Crippen molar-refractivity contribution in [3.63, 3.8) is 0 Å². The highest BCUT2D eigenvalue weighted by Crippen LogP contribution is 2.20. The Balaban J connectivity index is 1.49.